The lowest BCUT2D eigenvalue weighted by atomic mass is 10.1. The Balaban J connectivity index is 1.95. The molecular formula is C14H15N5. The SMILES string of the molecule is Cc1cc(N[C@H](C)c2ccccc2)n2ncnc2n1. The highest BCUT2D eigenvalue weighted by atomic mass is 15.4. The van der Waals surface area contributed by atoms with Gasteiger partial charge >= 0.3 is 0 Å². The molecule has 0 aliphatic carbocycles. The van der Waals surface area contributed by atoms with E-state index >= 15 is 0 Å². The molecule has 96 valence electrons. The molecule has 0 unspecified atom stereocenters. The largest absolute Gasteiger partial charge is 0.363 e. The lowest BCUT2D eigenvalue weighted by Crippen LogP contribution is -2.11. The van der Waals surface area contributed by atoms with Gasteiger partial charge in [0.1, 0.15) is 12.1 Å². The number of fused-ring (bicyclic) bond motifs is 1. The highest BCUT2D eigenvalue weighted by molar-refractivity contribution is 5.46. The summed E-state index contributed by atoms with van der Waals surface area (Å²) < 4.78 is 1.71. The van der Waals surface area contributed by atoms with Gasteiger partial charge in [-0.1, -0.05) is 30.3 Å². The van der Waals surface area contributed by atoms with Crippen LogP contribution in [0.4, 0.5) is 5.82 Å². The smallest absolute Gasteiger partial charge is 0.254 e. The fraction of sp³-hybridized carbons (Fsp3) is 0.214. The lowest BCUT2D eigenvalue weighted by molar-refractivity contribution is 0.837. The molecule has 1 N–H and O–H groups in total. The number of hydrogen-bond acceptors (Lipinski definition) is 4. The van der Waals surface area contributed by atoms with E-state index in [0.717, 1.165) is 11.5 Å². The van der Waals surface area contributed by atoms with E-state index in [0.29, 0.717) is 5.78 Å². The van der Waals surface area contributed by atoms with E-state index in [-0.39, 0.29) is 6.04 Å². The molecule has 0 aliphatic heterocycles. The van der Waals surface area contributed by atoms with Crippen LogP contribution < -0.4 is 5.32 Å². The summed E-state index contributed by atoms with van der Waals surface area (Å²) in [5, 5.41) is 7.64. The van der Waals surface area contributed by atoms with Gasteiger partial charge in [0.2, 0.25) is 0 Å². The third-order valence-corrected chi connectivity index (χ3v) is 3.04. The summed E-state index contributed by atoms with van der Waals surface area (Å²) in [7, 11) is 0. The molecule has 2 aromatic heterocycles. The number of nitrogens with zero attached hydrogens (tertiary/aromatic N) is 4. The third kappa shape index (κ3) is 2.27. The quantitative estimate of drug-likeness (QED) is 0.779. The monoisotopic (exact) mass is 253 g/mol. The number of hydrogen-bond donors (Lipinski definition) is 1. The minimum atomic E-state index is 0.190. The van der Waals surface area contributed by atoms with Crippen LogP contribution in [0, 0.1) is 6.92 Å². The van der Waals surface area contributed by atoms with Gasteiger partial charge < -0.3 is 5.32 Å². The van der Waals surface area contributed by atoms with Crippen molar-refractivity contribution in [2.45, 2.75) is 19.9 Å². The van der Waals surface area contributed by atoms with E-state index in [1.54, 1.807) is 4.52 Å². The minimum absolute atomic E-state index is 0.190. The van der Waals surface area contributed by atoms with Crippen LogP contribution in [-0.4, -0.2) is 19.6 Å². The molecule has 19 heavy (non-hydrogen) atoms. The average molecular weight is 253 g/mol. The van der Waals surface area contributed by atoms with Gasteiger partial charge in [-0.15, -0.1) is 0 Å². The second kappa shape index (κ2) is 4.68. The first-order valence-electron chi connectivity index (χ1n) is 6.23. The van der Waals surface area contributed by atoms with Gasteiger partial charge in [-0.2, -0.15) is 14.6 Å². The molecule has 0 aliphatic rings. The topological polar surface area (TPSA) is 55.1 Å². The van der Waals surface area contributed by atoms with Gasteiger partial charge in [-0.25, -0.2) is 4.98 Å². The summed E-state index contributed by atoms with van der Waals surface area (Å²) in [6.07, 6.45) is 1.51. The van der Waals surface area contributed by atoms with Crippen molar-refractivity contribution in [3.8, 4) is 0 Å². The lowest BCUT2D eigenvalue weighted by Gasteiger charge is -2.16. The molecule has 5 nitrogen and oxygen atoms in total. The summed E-state index contributed by atoms with van der Waals surface area (Å²) in [4.78, 5) is 8.45. The third-order valence-electron chi connectivity index (χ3n) is 3.04. The van der Waals surface area contributed by atoms with Crippen LogP contribution >= 0.6 is 0 Å². The van der Waals surface area contributed by atoms with E-state index in [1.165, 1.54) is 11.9 Å². The summed E-state index contributed by atoms with van der Waals surface area (Å²) in [6.45, 7) is 4.07. The molecule has 3 rings (SSSR count). The molecule has 0 saturated carbocycles. The molecule has 0 radical (unpaired) electrons. The molecule has 0 spiro atoms. The number of benzene rings is 1. The van der Waals surface area contributed by atoms with Crippen LogP contribution in [0.1, 0.15) is 24.2 Å². The highest BCUT2D eigenvalue weighted by Gasteiger charge is 2.09. The van der Waals surface area contributed by atoms with Crippen molar-refractivity contribution in [3.05, 3.63) is 54.0 Å². The van der Waals surface area contributed by atoms with Crippen molar-refractivity contribution in [3.63, 3.8) is 0 Å². The fourth-order valence-electron chi connectivity index (χ4n) is 2.08. The van der Waals surface area contributed by atoms with Crippen molar-refractivity contribution in [2.24, 2.45) is 0 Å². The van der Waals surface area contributed by atoms with Gasteiger partial charge in [-0.3, -0.25) is 0 Å². The summed E-state index contributed by atoms with van der Waals surface area (Å²) in [5.41, 5.74) is 2.15. The van der Waals surface area contributed by atoms with Crippen LogP contribution in [0.15, 0.2) is 42.7 Å². The predicted molar refractivity (Wildman–Crippen MR) is 74.0 cm³/mol. The summed E-state index contributed by atoms with van der Waals surface area (Å²) in [5.74, 6) is 1.51. The molecule has 0 bridgehead atoms. The van der Waals surface area contributed by atoms with Gasteiger partial charge in [0, 0.05) is 17.8 Å². The zero-order valence-corrected chi connectivity index (χ0v) is 10.9. The van der Waals surface area contributed by atoms with Crippen molar-refractivity contribution in [1.29, 1.82) is 0 Å². The molecular weight excluding hydrogens is 238 g/mol. The maximum Gasteiger partial charge on any atom is 0.254 e. The Morgan fingerprint density at radius 1 is 1.21 bits per heavy atom. The Morgan fingerprint density at radius 3 is 2.79 bits per heavy atom. The molecule has 5 heteroatoms. The van der Waals surface area contributed by atoms with Gasteiger partial charge in [-0.05, 0) is 19.4 Å². The number of aryl methyl sites for hydroxylation is 1. The zero-order valence-electron chi connectivity index (χ0n) is 10.9. The Bertz CT molecular complexity index is 689. The first-order chi connectivity index (χ1) is 9.24. The first-order valence-corrected chi connectivity index (χ1v) is 6.23. The van der Waals surface area contributed by atoms with Crippen LogP contribution in [0.25, 0.3) is 5.78 Å². The Kier molecular flexibility index (Phi) is 2.87. The molecule has 0 fully saturated rings. The van der Waals surface area contributed by atoms with Gasteiger partial charge in [0.05, 0.1) is 0 Å². The first kappa shape index (κ1) is 11.6. The van der Waals surface area contributed by atoms with Crippen LogP contribution in [0.2, 0.25) is 0 Å². The Morgan fingerprint density at radius 2 is 2.00 bits per heavy atom. The second-order valence-electron chi connectivity index (χ2n) is 4.53. The molecule has 1 aromatic carbocycles. The van der Waals surface area contributed by atoms with E-state index in [4.69, 9.17) is 0 Å². The average Bonchev–Trinajstić information content (AvgIpc) is 2.88. The van der Waals surface area contributed by atoms with Gasteiger partial charge in [0.15, 0.2) is 0 Å². The standard InChI is InChI=1S/C14H15N5/c1-10-8-13(19-14(17-10)15-9-16-19)18-11(2)12-6-4-3-5-7-12/h3-9,11,18H,1-2H3/t11-/m1/s1. The van der Waals surface area contributed by atoms with Crippen molar-refractivity contribution in [1.82, 2.24) is 19.6 Å². The fourth-order valence-corrected chi connectivity index (χ4v) is 2.08. The van der Waals surface area contributed by atoms with Crippen molar-refractivity contribution >= 4 is 11.6 Å². The molecule has 3 aromatic rings. The van der Waals surface area contributed by atoms with Crippen molar-refractivity contribution < 1.29 is 0 Å². The van der Waals surface area contributed by atoms with E-state index < -0.39 is 0 Å². The summed E-state index contributed by atoms with van der Waals surface area (Å²) >= 11 is 0. The maximum atomic E-state index is 4.33. The highest BCUT2D eigenvalue weighted by Crippen LogP contribution is 2.19. The maximum absolute atomic E-state index is 4.33. The minimum Gasteiger partial charge on any atom is -0.363 e. The number of aromatic nitrogens is 4. The molecule has 0 amide bonds. The molecule has 0 saturated heterocycles. The van der Waals surface area contributed by atoms with Crippen LogP contribution in [0.3, 0.4) is 0 Å². The normalized spacial score (nSPS) is 12.5. The predicted octanol–water partition coefficient (Wildman–Crippen LogP) is 2.61. The van der Waals surface area contributed by atoms with Crippen molar-refractivity contribution in [2.75, 3.05) is 5.32 Å². The Labute approximate surface area is 111 Å². The van der Waals surface area contributed by atoms with Gasteiger partial charge in [0.25, 0.3) is 5.78 Å². The molecule has 2 heterocycles. The number of nitrogens with one attached hydrogen (secondary N) is 1. The number of anilines is 1. The van der Waals surface area contributed by atoms with E-state index in [9.17, 15) is 0 Å². The van der Waals surface area contributed by atoms with E-state index in [2.05, 4.69) is 39.4 Å². The Hall–Kier alpha value is -2.43. The second-order valence-corrected chi connectivity index (χ2v) is 4.53. The number of rotatable bonds is 3. The van der Waals surface area contributed by atoms with Crippen LogP contribution in [-0.2, 0) is 0 Å². The van der Waals surface area contributed by atoms with Crippen LogP contribution in [0.5, 0.6) is 0 Å². The summed E-state index contributed by atoms with van der Waals surface area (Å²) in [6, 6.07) is 12.5. The molecule has 1 atom stereocenters. The zero-order chi connectivity index (χ0) is 13.2. The van der Waals surface area contributed by atoms with E-state index in [1.807, 2.05) is 31.2 Å².